The Kier molecular flexibility index (Phi) is 4.22. The van der Waals surface area contributed by atoms with Crippen LogP contribution in [-0.4, -0.2) is 36.5 Å². The molecule has 2 aliphatic rings. The van der Waals surface area contributed by atoms with Gasteiger partial charge in [0, 0.05) is 25.6 Å². The summed E-state index contributed by atoms with van der Waals surface area (Å²) in [5.74, 6) is 0.942. The summed E-state index contributed by atoms with van der Waals surface area (Å²) in [6.45, 7) is 5.47. The van der Waals surface area contributed by atoms with Gasteiger partial charge in [0.15, 0.2) is 0 Å². The third-order valence-corrected chi connectivity index (χ3v) is 3.73. The maximum atomic E-state index is 11.5. The molecule has 1 atom stereocenters. The van der Waals surface area contributed by atoms with Gasteiger partial charge in [0.05, 0.1) is 0 Å². The number of carbonyl (C=O) groups excluding carboxylic acids is 1. The van der Waals surface area contributed by atoms with Gasteiger partial charge in [0.1, 0.15) is 0 Å². The monoisotopic (exact) mass is 224 g/mol. The van der Waals surface area contributed by atoms with Crippen molar-refractivity contribution in [3.63, 3.8) is 0 Å². The highest BCUT2D eigenvalue weighted by atomic mass is 16.1. The third kappa shape index (κ3) is 3.48. The van der Waals surface area contributed by atoms with Crippen molar-refractivity contribution >= 4 is 5.91 Å². The molecule has 0 bridgehead atoms. The molecule has 0 aromatic carbocycles. The predicted molar refractivity (Wildman–Crippen MR) is 65.2 cm³/mol. The molecule has 1 saturated heterocycles. The average Bonchev–Trinajstić information content (AvgIpc) is 3.03. The molecule has 0 radical (unpaired) electrons. The van der Waals surface area contributed by atoms with Crippen molar-refractivity contribution in [2.24, 2.45) is 5.92 Å². The second-order valence-corrected chi connectivity index (χ2v) is 5.29. The lowest BCUT2D eigenvalue weighted by Gasteiger charge is -2.15. The summed E-state index contributed by atoms with van der Waals surface area (Å²) in [7, 11) is 0. The second kappa shape index (κ2) is 5.67. The van der Waals surface area contributed by atoms with Crippen LogP contribution in [0.2, 0.25) is 0 Å². The summed E-state index contributed by atoms with van der Waals surface area (Å²) < 4.78 is 0. The van der Waals surface area contributed by atoms with E-state index in [0.717, 1.165) is 25.4 Å². The number of carbonyl (C=O) groups is 1. The number of nitrogens with one attached hydrogen (secondary N) is 1. The Hall–Kier alpha value is -0.570. The van der Waals surface area contributed by atoms with Crippen molar-refractivity contribution in [1.29, 1.82) is 0 Å². The summed E-state index contributed by atoms with van der Waals surface area (Å²) in [6.07, 6.45) is 6.89. The molecule has 16 heavy (non-hydrogen) atoms. The maximum absolute atomic E-state index is 11.5. The number of rotatable bonds is 6. The fourth-order valence-electron chi connectivity index (χ4n) is 2.48. The van der Waals surface area contributed by atoms with Gasteiger partial charge in [-0.05, 0) is 38.1 Å². The Labute approximate surface area is 98.6 Å². The number of amides is 1. The molecule has 1 heterocycles. The van der Waals surface area contributed by atoms with Crippen molar-refractivity contribution < 1.29 is 4.79 Å². The first-order chi connectivity index (χ1) is 7.79. The summed E-state index contributed by atoms with van der Waals surface area (Å²) in [5, 5.41) is 3.07. The molecule has 1 aliphatic carbocycles. The van der Waals surface area contributed by atoms with Crippen LogP contribution in [0.15, 0.2) is 0 Å². The molecule has 92 valence electrons. The van der Waals surface area contributed by atoms with Crippen LogP contribution < -0.4 is 5.32 Å². The zero-order chi connectivity index (χ0) is 11.4. The first kappa shape index (κ1) is 11.9. The molecule has 2 fully saturated rings. The number of likely N-dealkylation sites (tertiary alicyclic amines) is 1. The van der Waals surface area contributed by atoms with Crippen LogP contribution in [0, 0.1) is 5.92 Å². The molecule has 3 nitrogen and oxygen atoms in total. The molecular formula is C13H24N2O. The van der Waals surface area contributed by atoms with E-state index in [9.17, 15) is 4.79 Å². The third-order valence-electron chi connectivity index (χ3n) is 3.73. The first-order valence-corrected chi connectivity index (χ1v) is 6.80. The van der Waals surface area contributed by atoms with Crippen molar-refractivity contribution in [3.05, 3.63) is 0 Å². The number of unbranched alkanes of at least 4 members (excludes halogenated alkanes) is 1. The minimum Gasteiger partial charge on any atom is -0.356 e. The fourth-order valence-corrected chi connectivity index (χ4v) is 2.48. The van der Waals surface area contributed by atoms with E-state index in [0.29, 0.717) is 12.3 Å². The lowest BCUT2D eigenvalue weighted by molar-refractivity contribution is -0.121. The molecular weight excluding hydrogens is 200 g/mol. The zero-order valence-corrected chi connectivity index (χ0v) is 10.4. The van der Waals surface area contributed by atoms with Crippen molar-refractivity contribution in [2.45, 2.75) is 51.5 Å². The van der Waals surface area contributed by atoms with Gasteiger partial charge in [0.2, 0.25) is 5.91 Å². The van der Waals surface area contributed by atoms with Gasteiger partial charge >= 0.3 is 0 Å². The molecule has 3 heteroatoms. The molecule has 1 saturated carbocycles. The van der Waals surface area contributed by atoms with E-state index >= 15 is 0 Å². The highest BCUT2D eigenvalue weighted by molar-refractivity contribution is 5.75. The lowest BCUT2D eigenvalue weighted by Crippen LogP contribution is -2.31. The van der Waals surface area contributed by atoms with E-state index < -0.39 is 0 Å². The second-order valence-electron chi connectivity index (χ2n) is 5.29. The number of nitrogens with zero attached hydrogens (tertiary/aromatic N) is 1. The molecule has 0 aromatic rings. The van der Waals surface area contributed by atoms with Crippen LogP contribution in [-0.2, 0) is 4.79 Å². The standard InChI is InChI=1S/C13H24N2O/c1-2-3-4-13(16)14-9-11-7-8-15(10-11)12-5-6-12/h11-12H,2-10H2,1H3,(H,14,16). The molecule has 1 unspecified atom stereocenters. The van der Waals surface area contributed by atoms with Crippen molar-refractivity contribution in [3.8, 4) is 0 Å². The van der Waals surface area contributed by atoms with Crippen LogP contribution in [0.3, 0.4) is 0 Å². The molecule has 0 aromatic heterocycles. The highest BCUT2D eigenvalue weighted by Crippen LogP contribution is 2.31. The van der Waals surface area contributed by atoms with Crippen LogP contribution in [0.1, 0.15) is 45.4 Å². The van der Waals surface area contributed by atoms with Gasteiger partial charge in [0.25, 0.3) is 0 Å². The van der Waals surface area contributed by atoms with Gasteiger partial charge < -0.3 is 10.2 Å². The Balaban J connectivity index is 1.58. The quantitative estimate of drug-likeness (QED) is 0.746. The minimum atomic E-state index is 0.242. The van der Waals surface area contributed by atoms with E-state index in [1.165, 1.54) is 32.4 Å². The smallest absolute Gasteiger partial charge is 0.220 e. The first-order valence-electron chi connectivity index (χ1n) is 6.80. The fraction of sp³-hybridized carbons (Fsp3) is 0.923. The predicted octanol–water partition coefficient (Wildman–Crippen LogP) is 1.78. The van der Waals surface area contributed by atoms with Crippen molar-refractivity contribution in [1.82, 2.24) is 10.2 Å². The summed E-state index contributed by atoms with van der Waals surface area (Å²) in [6, 6.07) is 0.890. The largest absolute Gasteiger partial charge is 0.356 e. The molecule has 0 spiro atoms. The van der Waals surface area contributed by atoms with E-state index in [1.807, 2.05) is 0 Å². The normalized spacial score (nSPS) is 25.9. The van der Waals surface area contributed by atoms with E-state index in [4.69, 9.17) is 0 Å². The Morgan fingerprint density at radius 1 is 1.38 bits per heavy atom. The van der Waals surface area contributed by atoms with Gasteiger partial charge in [-0.2, -0.15) is 0 Å². The maximum Gasteiger partial charge on any atom is 0.220 e. The van der Waals surface area contributed by atoms with Crippen molar-refractivity contribution in [2.75, 3.05) is 19.6 Å². The zero-order valence-electron chi connectivity index (χ0n) is 10.4. The van der Waals surface area contributed by atoms with E-state index in [1.54, 1.807) is 0 Å². The van der Waals surface area contributed by atoms with Gasteiger partial charge in [-0.3, -0.25) is 4.79 Å². The van der Waals surface area contributed by atoms with Crippen LogP contribution in [0.25, 0.3) is 0 Å². The summed E-state index contributed by atoms with van der Waals surface area (Å²) in [5.41, 5.74) is 0. The van der Waals surface area contributed by atoms with Crippen LogP contribution >= 0.6 is 0 Å². The Bertz CT molecular complexity index is 238. The van der Waals surface area contributed by atoms with E-state index in [-0.39, 0.29) is 5.91 Å². The number of hydrogen-bond acceptors (Lipinski definition) is 2. The summed E-state index contributed by atoms with van der Waals surface area (Å²) >= 11 is 0. The Morgan fingerprint density at radius 2 is 2.19 bits per heavy atom. The topological polar surface area (TPSA) is 32.3 Å². The molecule has 1 N–H and O–H groups in total. The lowest BCUT2D eigenvalue weighted by atomic mass is 10.1. The Morgan fingerprint density at radius 3 is 2.88 bits per heavy atom. The highest BCUT2D eigenvalue weighted by Gasteiger charge is 2.34. The van der Waals surface area contributed by atoms with Crippen LogP contribution in [0.5, 0.6) is 0 Å². The van der Waals surface area contributed by atoms with Gasteiger partial charge in [-0.1, -0.05) is 13.3 Å². The molecule has 2 rings (SSSR count). The van der Waals surface area contributed by atoms with Crippen LogP contribution in [0.4, 0.5) is 0 Å². The molecule has 1 amide bonds. The van der Waals surface area contributed by atoms with Gasteiger partial charge in [-0.25, -0.2) is 0 Å². The summed E-state index contributed by atoms with van der Waals surface area (Å²) in [4.78, 5) is 14.1. The van der Waals surface area contributed by atoms with E-state index in [2.05, 4.69) is 17.1 Å². The SMILES string of the molecule is CCCCC(=O)NCC1CCN(C2CC2)C1. The van der Waals surface area contributed by atoms with Gasteiger partial charge in [-0.15, -0.1) is 0 Å². The molecule has 1 aliphatic heterocycles. The average molecular weight is 224 g/mol. The minimum absolute atomic E-state index is 0.242. The number of hydrogen-bond donors (Lipinski definition) is 1.